The number of ether oxygens (including phenoxy) is 1. The monoisotopic (exact) mass is 342 g/mol. The van der Waals surface area contributed by atoms with E-state index in [9.17, 15) is 13.6 Å². The molecule has 1 saturated heterocycles. The number of nitrogens with zero attached hydrogens (tertiary/aromatic N) is 2. The summed E-state index contributed by atoms with van der Waals surface area (Å²) in [5, 5.41) is 9.12. The number of hydrogen-bond acceptors (Lipinski definition) is 4. The highest BCUT2D eigenvalue weighted by molar-refractivity contribution is 5.79. The highest BCUT2D eigenvalue weighted by atomic mass is 19.3. The van der Waals surface area contributed by atoms with Crippen molar-refractivity contribution in [2.24, 2.45) is 0 Å². The Bertz CT molecular complexity index is 567. The highest BCUT2D eigenvalue weighted by Gasteiger charge is 2.34. The number of piperazine rings is 1. The molecule has 2 rings (SSSR count). The molecule has 24 heavy (non-hydrogen) atoms. The van der Waals surface area contributed by atoms with Crippen LogP contribution in [0.15, 0.2) is 24.3 Å². The topological polar surface area (TPSA) is 53.0 Å². The Morgan fingerprint density at radius 2 is 2.12 bits per heavy atom. The van der Waals surface area contributed by atoms with Gasteiger partial charge in [-0.25, -0.2) is 0 Å². The summed E-state index contributed by atoms with van der Waals surface area (Å²) in [7, 11) is 0. The van der Waals surface area contributed by atoms with Gasteiger partial charge < -0.3 is 14.7 Å². The van der Waals surface area contributed by atoms with E-state index >= 15 is 0 Å². The van der Waals surface area contributed by atoms with Crippen LogP contribution in [-0.4, -0.2) is 65.7 Å². The van der Waals surface area contributed by atoms with Gasteiger partial charge in [0.25, 0.3) is 0 Å². The molecule has 5 nitrogen and oxygen atoms in total. The molecule has 1 aromatic rings. The Morgan fingerprint density at radius 3 is 2.75 bits per heavy atom. The maximum Gasteiger partial charge on any atom is 0.387 e. The van der Waals surface area contributed by atoms with Gasteiger partial charge in [-0.05, 0) is 31.5 Å². The zero-order valence-corrected chi connectivity index (χ0v) is 14.0. The second-order valence-corrected chi connectivity index (χ2v) is 6.54. The minimum atomic E-state index is -2.88. The third-order valence-electron chi connectivity index (χ3n) is 4.28. The van der Waals surface area contributed by atoms with Crippen molar-refractivity contribution in [1.82, 2.24) is 9.80 Å². The van der Waals surface area contributed by atoms with Crippen LogP contribution in [0.3, 0.4) is 0 Å². The third kappa shape index (κ3) is 4.88. The standard InChI is InChI=1S/C17H24F2N2O3/c1-17(2)12-20(6-7-21(17)8-9-22)15(23)11-13-4-3-5-14(10-13)24-16(18)19/h3-5,10,16,22H,6-9,11-12H2,1-2H3. The number of β-amino-alcohol motifs (C(OH)–C–C–N with tert-alkyl or cyclic N) is 1. The molecule has 1 fully saturated rings. The lowest BCUT2D eigenvalue weighted by Gasteiger charge is -2.47. The average Bonchev–Trinajstić information content (AvgIpc) is 2.48. The Hall–Kier alpha value is -1.73. The first-order valence-corrected chi connectivity index (χ1v) is 7.99. The van der Waals surface area contributed by atoms with E-state index < -0.39 is 6.61 Å². The molecule has 0 unspecified atom stereocenters. The van der Waals surface area contributed by atoms with Crippen molar-refractivity contribution in [3.8, 4) is 5.75 Å². The molecule has 1 aromatic carbocycles. The molecule has 134 valence electrons. The van der Waals surface area contributed by atoms with Crippen LogP contribution in [0.25, 0.3) is 0 Å². The fourth-order valence-corrected chi connectivity index (χ4v) is 3.06. The first kappa shape index (κ1) is 18.6. The molecular weight excluding hydrogens is 318 g/mol. The SMILES string of the molecule is CC1(C)CN(C(=O)Cc2cccc(OC(F)F)c2)CCN1CCO. The van der Waals surface area contributed by atoms with Crippen LogP contribution in [0.1, 0.15) is 19.4 Å². The number of carbonyl (C=O) groups is 1. The Morgan fingerprint density at radius 1 is 1.38 bits per heavy atom. The van der Waals surface area contributed by atoms with E-state index in [1.165, 1.54) is 12.1 Å². The van der Waals surface area contributed by atoms with Gasteiger partial charge in [-0.3, -0.25) is 9.69 Å². The molecule has 1 heterocycles. The predicted molar refractivity (Wildman–Crippen MR) is 86.1 cm³/mol. The van der Waals surface area contributed by atoms with E-state index in [2.05, 4.69) is 9.64 Å². The molecule has 0 radical (unpaired) electrons. The molecule has 0 bridgehead atoms. The van der Waals surface area contributed by atoms with Crippen molar-refractivity contribution < 1.29 is 23.4 Å². The molecule has 0 aromatic heterocycles. The van der Waals surface area contributed by atoms with Gasteiger partial charge in [0.05, 0.1) is 13.0 Å². The molecule has 1 amide bonds. The zero-order valence-electron chi connectivity index (χ0n) is 14.0. The van der Waals surface area contributed by atoms with Gasteiger partial charge in [0.15, 0.2) is 0 Å². The largest absolute Gasteiger partial charge is 0.435 e. The molecule has 1 N–H and O–H groups in total. The maximum absolute atomic E-state index is 12.5. The fourth-order valence-electron chi connectivity index (χ4n) is 3.06. The summed E-state index contributed by atoms with van der Waals surface area (Å²) < 4.78 is 28.9. The quantitative estimate of drug-likeness (QED) is 0.856. The number of rotatable bonds is 6. The first-order valence-electron chi connectivity index (χ1n) is 7.99. The second-order valence-electron chi connectivity index (χ2n) is 6.54. The van der Waals surface area contributed by atoms with Crippen LogP contribution < -0.4 is 4.74 Å². The van der Waals surface area contributed by atoms with E-state index in [1.54, 1.807) is 17.0 Å². The van der Waals surface area contributed by atoms with E-state index in [-0.39, 0.29) is 30.2 Å². The zero-order chi connectivity index (χ0) is 17.7. The number of hydrogen-bond donors (Lipinski definition) is 1. The van der Waals surface area contributed by atoms with E-state index in [0.29, 0.717) is 31.7 Å². The summed E-state index contributed by atoms with van der Waals surface area (Å²) in [6, 6.07) is 6.24. The molecule has 0 spiro atoms. The lowest BCUT2D eigenvalue weighted by molar-refractivity contribution is -0.135. The van der Waals surface area contributed by atoms with Gasteiger partial charge >= 0.3 is 6.61 Å². The number of aliphatic hydroxyl groups excluding tert-OH is 1. The summed E-state index contributed by atoms with van der Waals surface area (Å²) in [4.78, 5) is 16.5. The number of alkyl halides is 2. The second kappa shape index (κ2) is 7.90. The van der Waals surface area contributed by atoms with Crippen LogP contribution in [0, 0.1) is 0 Å². The van der Waals surface area contributed by atoms with Gasteiger partial charge in [-0.1, -0.05) is 12.1 Å². The summed E-state index contributed by atoms with van der Waals surface area (Å²) in [5.41, 5.74) is 0.436. The molecule has 1 aliphatic heterocycles. The van der Waals surface area contributed by atoms with Crippen molar-refractivity contribution in [2.45, 2.75) is 32.4 Å². The van der Waals surface area contributed by atoms with Crippen LogP contribution in [0.4, 0.5) is 8.78 Å². The van der Waals surface area contributed by atoms with Crippen molar-refractivity contribution >= 4 is 5.91 Å². The smallest absolute Gasteiger partial charge is 0.387 e. The molecule has 0 atom stereocenters. The third-order valence-corrected chi connectivity index (χ3v) is 4.28. The van der Waals surface area contributed by atoms with Gasteiger partial charge in [0.2, 0.25) is 5.91 Å². The first-order chi connectivity index (χ1) is 11.3. The van der Waals surface area contributed by atoms with Crippen molar-refractivity contribution in [3.63, 3.8) is 0 Å². The molecule has 0 aliphatic carbocycles. The minimum Gasteiger partial charge on any atom is -0.435 e. The maximum atomic E-state index is 12.5. The number of benzene rings is 1. The van der Waals surface area contributed by atoms with Gasteiger partial charge in [0, 0.05) is 31.7 Å². The lowest BCUT2D eigenvalue weighted by atomic mass is 9.98. The highest BCUT2D eigenvalue weighted by Crippen LogP contribution is 2.22. The van der Waals surface area contributed by atoms with E-state index in [1.807, 2.05) is 13.8 Å². The molecular formula is C17H24F2N2O3. The number of carbonyl (C=O) groups excluding carboxylic acids is 1. The van der Waals surface area contributed by atoms with Crippen molar-refractivity contribution in [3.05, 3.63) is 29.8 Å². The number of aliphatic hydroxyl groups is 1. The Labute approximate surface area is 140 Å². The van der Waals surface area contributed by atoms with Crippen LogP contribution in [0.5, 0.6) is 5.75 Å². The predicted octanol–water partition coefficient (Wildman–Crippen LogP) is 1.75. The number of amides is 1. The van der Waals surface area contributed by atoms with Crippen LogP contribution >= 0.6 is 0 Å². The average molecular weight is 342 g/mol. The van der Waals surface area contributed by atoms with E-state index in [4.69, 9.17) is 5.11 Å². The lowest BCUT2D eigenvalue weighted by Crippen LogP contribution is -2.61. The Kier molecular flexibility index (Phi) is 6.12. The fraction of sp³-hybridized carbons (Fsp3) is 0.588. The Balaban J connectivity index is 1.98. The van der Waals surface area contributed by atoms with Crippen LogP contribution in [0.2, 0.25) is 0 Å². The summed E-state index contributed by atoms with van der Waals surface area (Å²) >= 11 is 0. The number of halogens is 2. The van der Waals surface area contributed by atoms with Crippen molar-refractivity contribution in [1.29, 1.82) is 0 Å². The minimum absolute atomic E-state index is 0.0408. The van der Waals surface area contributed by atoms with Gasteiger partial charge in [0.1, 0.15) is 5.75 Å². The van der Waals surface area contributed by atoms with Crippen molar-refractivity contribution in [2.75, 3.05) is 32.8 Å². The summed E-state index contributed by atoms with van der Waals surface area (Å²) in [5.74, 6) is 0.0179. The molecule has 1 aliphatic rings. The summed E-state index contributed by atoms with van der Waals surface area (Å²) in [6.07, 6.45) is 0.149. The van der Waals surface area contributed by atoms with Crippen LogP contribution in [-0.2, 0) is 11.2 Å². The van der Waals surface area contributed by atoms with Gasteiger partial charge in [-0.2, -0.15) is 8.78 Å². The van der Waals surface area contributed by atoms with E-state index in [0.717, 1.165) is 0 Å². The normalized spacial score (nSPS) is 18.0. The molecule has 0 saturated carbocycles. The molecule has 7 heteroatoms. The van der Waals surface area contributed by atoms with Gasteiger partial charge in [-0.15, -0.1) is 0 Å². The summed E-state index contributed by atoms with van der Waals surface area (Å²) in [6.45, 7) is 3.74.